The topological polar surface area (TPSA) is 63.7 Å². The van der Waals surface area contributed by atoms with Gasteiger partial charge in [0.05, 0.1) is 17.4 Å². The summed E-state index contributed by atoms with van der Waals surface area (Å²) in [4.78, 5) is 11.7. The lowest BCUT2D eigenvalue weighted by molar-refractivity contribution is -0.149. The van der Waals surface area contributed by atoms with Crippen LogP contribution in [0.1, 0.15) is 19.8 Å². The fourth-order valence-corrected chi connectivity index (χ4v) is 3.95. The molecule has 2 rings (SSSR count). The summed E-state index contributed by atoms with van der Waals surface area (Å²) in [5, 5.41) is 0. The summed E-state index contributed by atoms with van der Waals surface area (Å²) in [7, 11) is -3.78. The lowest BCUT2D eigenvalue weighted by Crippen LogP contribution is -2.42. The largest absolute Gasteiger partial charge is 0.466 e. The minimum atomic E-state index is -3.78. The molecule has 5 nitrogen and oxygen atoms in total. The number of hydrogen-bond donors (Lipinski definition) is 0. The molecule has 7 heteroatoms. The van der Waals surface area contributed by atoms with Crippen LogP contribution in [0.5, 0.6) is 0 Å². The molecule has 1 aliphatic rings. The molecule has 21 heavy (non-hydrogen) atoms. The average Bonchev–Trinajstić information content (AvgIpc) is 2.47. The number of carbonyl (C=O) groups is 1. The van der Waals surface area contributed by atoms with Crippen LogP contribution in [-0.4, -0.2) is 38.4 Å². The second-order valence-corrected chi connectivity index (χ2v) is 6.85. The molecule has 1 aromatic carbocycles. The van der Waals surface area contributed by atoms with E-state index in [-0.39, 0.29) is 24.0 Å². The van der Waals surface area contributed by atoms with Crippen LogP contribution in [0.15, 0.2) is 29.2 Å². The second-order valence-electron chi connectivity index (χ2n) is 4.91. The summed E-state index contributed by atoms with van der Waals surface area (Å²) in [6, 6.07) is 4.89. The van der Waals surface area contributed by atoms with E-state index in [4.69, 9.17) is 4.74 Å². The molecule has 0 saturated carbocycles. The fourth-order valence-electron chi connectivity index (χ4n) is 2.39. The molecular formula is C14H18FNO4S. The van der Waals surface area contributed by atoms with Crippen LogP contribution >= 0.6 is 0 Å². The van der Waals surface area contributed by atoms with Gasteiger partial charge in [0.2, 0.25) is 10.0 Å². The first-order valence-corrected chi connectivity index (χ1v) is 8.31. The van der Waals surface area contributed by atoms with Crippen molar-refractivity contribution >= 4 is 16.0 Å². The first kappa shape index (κ1) is 15.9. The van der Waals surface area contributed by atoms with E-state index in [1.54, 1.807) is 6.92 Å². The Bertz CT molecular complexity index is 617. The predicted octanol–water partition coefficient (Wildman–Crippen LogP) is 1.79. The zero-order chi connectivity index (χ0) is 15.5. The number of carbonyl (C=O) groups excluding carboxylic acids is 1. The van der Waals surface area contributed by atoms with Gasteiger partial charge in [-0.15, -0.1) is 0 Å². The van der Waals surface area contributed by atoms with Crippen molar-refractivity contribution in [3.63, 3.8) is 0 Å². The quantitative estimate of drug-likeness (QED) is 0.795. The third kappa shape index (κ3) is 3.59. The highest BCUT2D eigenvalue weighted by Gasteiger charge is 2.34. The number of rotatable bonds is 4. The molecule has 116 valence electrons. The van der Waals surface area contributed by atoms with E-state index in [1.807, 2.05) is 0 Å². The van der Waals surface area contributed by atoms with Gasteiger partial charge in [-0.2, -0.15) is 4.31 Å². The Balaban J connectivity index is 2.18. The number of ether oxygens (including phenoxy) is 1. The lowest BCUT2D eigenvalue weighted by Gasteiger charge is -2.30. The van der Waals surface area contributed by atoms with E-state index in [9.17, 15) is 17.6 Å². The SMILES string of the molecule is CCOC(=O)[C@@H]1CCCN(S(=O)(=O)c2cccc(F)c2)C1. The average molecular weight is 315 g/mol. The molecule has 1 heterocycles. The Morgan fingerprint density at radius 1 is 1.48 bits per heavy atom. The third-order valence-corrected chi connectivity index (χ3v) is 5.30. The van der Waals surface area contributed by atoms with Crippen molar-refractivity contribution in [2.24, 2.45) is 5.92 Å². The maximum absolute atomic E-state index is 13.2. The van der Waals surface area contributed by atoms with E-state index < -0.39 is 21.8 Å². The molecular weight excluding hydrogens is 297 g/mol. The van der Waals surface area contributed by atoms with E-state index in [0.29, 0.717) is 19.4 Å². The minimum absolute atomic E-state index is 0.0810. The molecule has 0 radical (unpaired) electrons. The smallest absolute Gasteiger partial charge is 0.310 e. The number of nitrogens with zero attached hydrogens (tertiary/aromatic N) is 1. The Hall–Kier alpha value is -1.47. The van der Waals surface area contributed by atoms with E-state index in [2.05, 4.69) is 0 Å². The maximum Gasteiger partial charge on any atom is 0.310 e. The molecule has 0 bridgehead atoms. The van der Waals surface area contributed by atoms with Gasteiger partial charge in [-0.25, -0.2) is 12.8 Å². The molecule has 0 aromatic heterocycles. The van der Waals surface area contributed by atoms with Crippen molar-refractivity contribution in [1.82, 2.24) is 4.31 Å². The zero-order valence-electron chi connectivity index (χ0n) is 11.8. The predicted molar refractivity (Wildman–Crippen MR) is 74.5 cm³/mol. The molecule has 1 fully saturated rings. The Morgan fingerprint density at radius 2 is 2.24 bits per heavy atom. The van der Waals surface area contributed by atoms with Gasteiger partial charge >= 0.3 is 5.97 Å². The number of hydrogen-bond acceptors (Lipinski definition) is 4. The van der Waals surface area contributed by atoms with E-state index in [1.165, 1.54) is 22.5 Å². The molecule has 1 aliphatic heterocycles. The van der Waals surface area contributed by atoms with Gasteiger partial charge < -0.3 is 4.74 Å². The van der Waals surface area contributed by atoms with Crippen molar-refractivity contribution in [1.29, 1.82) is 0 Å². The highest BCUT2D eigenvalue weighted by Crippen LogP contribution is 2.24. The summed E-state index contributed by atoms with van der Waals surface area (Å²) in [5.74, 6) is -1.44. The van der Waals surface area contributed by atoms with Crippen molar-refractivity contribution in [2.45, 2.75) is 24.7 Å². The third-order valence-electron chi connectivity index (χ3n) is 3.44. The van der Waals surface area contributed by atoms with Crippen LogP contribution in [0.25, 0.3) is 0 Å². The van der Waals surface area contributed by atoms with Crippen molar-refractivity contribution in [3.05, 3.63) is 30.1 Å². The number of sulfonamides is 1. The van der Waals surface area contributed by atoms with Crippen molar-refractivity contribution < 1.29 is 22.3 Å². The van der Waals surface area contributed by atoms with Crippen LogP contribution in [0.2, 0.25) is 0 Å². The first-order chi connectivity index (χ1) is 9.95. The Morgan fingerprint density at radius 3 is 2.90 bits per heavy atom. The molecule has 0 spiro atoms. The molecule has 0 N–H and O–H groups in total. The summed E-state index contributed by atoms with van der Waals surface area (Å²) >= 11 is 0. The van der Waals surface area contributed by atoms with Gasteiger partial charge in [0, 0.05) is 13.1 Å². The summed E-state index contributed by atoms with van der Waals surface area (Å²) in [6.07, 6.45) is 1.19. The summed E-state index contributed by atoms with van der Waals surface area (Å²) < 4.78 is 44.3. The monoisotopic (exact) mass is 315 g/mol. The highest BCUT2D eigenvalue weighted by molar-refractivity contribution is 7.89. The van der Waals surface area contributed by atoms with Gasteiger partial charge in [0.1, 0.15) is 5.82 Å². The van der Waals surface area contributed by atoms with Crippen molar-refractivity contribution in [2.75, 3.05) is 19.7 Å². The number of esters is 1. The van der Waals surface area contributed by atoms with Gasteiger partial charge in [-0.05, 0) is 38.0 Å². The van der Waals surface area contributed by atoms with Gasteiger partial charge in [0.25, 0.3) is 0 Å². The van der Waals surface area contributed by atoms with E-state index in [0.717, 1.165) is 6.07 Å². The van der Waals surface area contributed by atoms with Gasteiger partial charge in [-0.1, -0.05) is 6.07 Å². The van der Waals surface area contributed by atoms with Crippen LogP contribution in [0, 0.1) is 11.7 Å². The maximum atomic E-state index is 13.2. The molecule has 0 unspecified atom stereocenters. The lowest BCUT2D eigenvalue weighted by atomic mass is 10.0. The van der Waals surface area contributed by atoms with Gasteiger partial charge in [0.15, 0.2) is 0 Å². The molecule has 1 aromatic rings. The number of halogens is 1. The Labute approximate surface area is 123 Å². The number of piperidine rings is 1. The second kappa shape index (κ2) is 6.53. The fraction of sp³-hybridized carbons (Fsp3) is 0.500. The highest BCUT2D eigenvalue weighted by atomic mass is 32.2. The van der Waals surface area contributed by atoms with E-state index >= 15 is 0 Å². The molecule has 1 atom stereocenters. The standard InChI is InChI=1S/C14H18FNO4S/c1-2-20-14(17)11-5-4-8-16(10-11)21(18,19)13-7-3-6-12(15)9-13/h3,6-7,9,11H,2,4-5,8,10H2,1H3/t11-/m1/s1. The van der Waals surface area contributed by atoms with Crippen molar-refractivity contribution in [3.8, 4) is 0 Å². The summed E-state index contributed by atoms with van der Waals surface area (Å²) in [5.41, 5.74) is 0. The van der Waals surface area contributed by atoms with Crippen LogP contribution in [-0.2, 0) is 19.6 Å². The van der Waals surface area contributed by atoms with Gasteiger partial charge in [-0.3, -0.25) is 4.79 Å². The molecule has 0 aliphatic carbocycles. The normalized spacial score (nSPS) is 20.2. The Kier molecular flexibility index (Phi) is 4.95. The van der Waals surface area contributed by atoms with Crippen LogP contribution < -0.4 is 0 Å². The van der Waals surface area contributed by atoms with Crippen LogP contribution in [0.3, 0.4) is 0 Å². The first-order valence-electron chi connectivity index (χ1n) is 6.87. The molecule has 0 amide bonds. The zero-order valence-corrected chi connectivity index (χ0v) is 12.6. The minimum Gasteiger partial charge on any atom is -0.466 e. The van der Waals surface area contributed by atoms with Crippen LogP contribution in [0.4, 0.5) is 4.39 Å². The molecule has 1 saturated heterocycles. The summed E-state index contributed by atoms with van der Waals surface area (Å²) in [6.45, 7) is 2.39. The number of benzene rings is 1.